The van der Waals surface area contributed by atoms with Gasteiger partial charge < -0.3 is 10.6 Å². The molecule has 2 aliphatic heterocycles. The van der Waals surface area contributed by atoms with Gasteiger partial charge in [-0.15, -0.1) is 5.10 Å². The van der Waals surface area contributed by atoms with Gasteiger partial charge in [0, 0.05) is 61.1 Å². The number of rotatable bonds is 7. The van der Waals surface area contributed by atoms with Gasteiger partial charge in [0.1, 0.15) is 11.9 Å². The molecule has 0 amide bonds. The molecule has 48 heavy (non-hydrogen) atoms. The van der Waals surface area contributed by atoms with E-state index in [4.69, 9.17) is 28.3 Å². The molecular formula is C37H37Cl2FN8. The van der Waals surface area contributed by atoms with Crippen molar-refractivity contribution in [3.63, 3.8) is 0 Å². The van der Waals surface area contributed by atoms with Crippen molar-refractivity contribution < 1.29 is 4.39 Å². The van der Waals surface area contributed by atoms with Crippen molar-refractivity contribution in [1.29, 1.82) is 5.26 Å². The summed E-state index contributed by atoms with van der Waals surface area (Å²) in [6.07, 6.45) is 6.28. The Kier molecular flexibility index (Phi) is 8.86. The van der Waals surface area contributed by atoms with E-state index in [1.54, 1.807) is 6.07 Å². The highest BCUT2D eigenvalue weighted by molar-refractivity contribution is 6.35. The topological polar surface area (TPSA) is 94.7 Å². The highest BCUT2D eigenvalue weighted by Crippen LogP contribution is 2.38. The van der Waals surface area contributed by atoms with Gasteiger partial charge in [-0.05, 0) is 92.6 Å². The highest BCUT2D eigenvalue weighted by atomic mass is 35.5. The summed E-state index contributed by atoms with van der Waals surface area (Å²) in [6, 6.07) is 17.4. The first kappa shape index (κ1) is 32.5. The number of anilines is 2. The number of benzene rings is 3. The van der Waals surface area contributed by atoms with Crippen LogP contribution in [0.2, 0.25) is 10.0 Å². The number of pyridine rings is 1. The molecule has 11 heteroatoms. The lowest BCUT2D eigenvalue weighted by molar-refractivity contribution is 0.0866. The summed E-state index contributed by atoms with van der Waals surface area (Å²) in [7, 11) is 0. The molecule has 2 aromatic heterocycles. The third kappa shape index (κ3) is 6.38. The summed E-state index contributed by atoms with van der Waals surface area (Å²) >= 11 is 13.0. The summed E-state index contributed by atoms with van der Waals surface area (Å²) in [5, 5.41) is 27.4. The molecule has 1 fully saturated rings. The number of likely N-dealkylation sites (tertiary alicyclic amines) is 1. The summed E-state index contributed by atoms with van der Waals surface area (Å²) in [4.78, 5) is 7.06. The van der Waals surface area contributed by atoms with Crippen molar-refractivity contribution in [3.05, 3.63) is 110 Å². The van der Waals surface area contributed by atoms with Crippen LogP contribution in [0.4, 0.5) is 15.8 Å². The molecule has 2 N–H and O–H groups in total. The van der Waals surface area contributed by atoms with Crippen LogP contribution in [0.5, 0.6) is 0 Å². The van der Waals surface area contributed by atoms with Gasteiger partial charge in [0.25, 0.3) is 0 Å². The Labute approximate surface area is 289 Å². The molecule has 0 bridgehead atoms. The van der Waals surface area contributed by atoms with Crippen LogP contribution >= 0.6 is 23.2 Å². The number of hydrogen-bond acceptors (Lipinski definition) is 7. The average Bonchev–Trinajstić information content (AvgIpc) is 3.76. The predicted octanol–water partition coefficient (Wildman–Crippen LogP) is 8.30. The van der Waals surface area contributed by atoms with Gasteiger partial charge in [-0.2, -0.15) is 5.26 Å². The van der Waals surface area contributed by atoms with Crippen molar-refractivity contribution >= 4 is 45.5 Å². The van der Waals surface area contributed by atoms with E-state index in [2.05, 4.69) is 81.6 Å². The Morgan fingerprint density at radius 1 is 1.08 bits per heavy atom. The predicted molar refractivity (Wildman–Crippen MR) is 188 cm³/mol. The van der Waals surface area contributed by atoms with Gasteiger partial charge in [-0.1, -0.05) is 46.6 Å². The van der Waals surface area contributed by atoms with Gasteiger partial charge in [0.05, 0.1) is 38.5 Å². The van der Waals surface area contributed by atoms with E-state index in [0.29, 0.717) is 45.3 Å². The van der Waals surface area contributed by atoms with E-state index in [1.165, 1.54) is 35.0 Å². The van der Waals surface area contributed by atoms with E-state index >= 15 is 0 Å². The molecule has 3 aromatic carbocycles. The minimum absolute atomic E-state index is 0.0175. The molecule has 0 saturated carbocycles. The third-order valence-electron chi connectivity index (χ3n) is 9.71. The van der Waals surface area contributed by atoms with Crippen LogP contribution in [0, 0.1) is 17.1 Å². The Morgan fingerprint density at radius 2 is 1.90 bits per heavy atom. The summed E-state index contributed by atoms with van der Waals surface area (Å²) in [5.74, 6) is -0.607. The van der Waals surface area contributed by atoms with E-state index in [1.807, 2.05) is 12.1 Å². The fraction of sp³-hybridized carbons (Fsp3) is 0.351. The smallest absolute Gasteiger partial charge is 0.141 e. The van der Waals surface area contributed by atoms with Crippen molar-refractivity contribution in [2.75, 3.05) is 18.4 Å². The average molecular weight is 684 g/mol. The summed E-state index contributed by atoms with van der Waals surface area (Å²) in [5.41, 5.74) is 7.80. The molecule has 0 aliphatic carbocycles. The molecule has 5 aromatic rings. The maximum Gasteiger partial charge on any atom is 0.141 e. The van der Waals surface area contributed by atoms with Crippen LogP contribution in [-0.2, 0) is 19.5 Å². The number of aromatic nitrogens is 4. The lowest BCUT2D eigenvalue weighted by atomic mass is 9.85. The number of nitrogens with zero attached hydrogens (tertiary/aromatic N) is 6. The third-order valence-corrected chi connectivity index (χ3v) is 10.3. The fourth-order valence-corrected chi connectivity index (χ4v) is 7.57. The van der Waals surface area contributed by atoms with E-state index < -0.39 is 5.82 Å². The van der Waals surface area contributed by atoms with Crippen molar-refractivity contribution in [1.82, 2.24) is 30.2 Å². The summed E-state index contributed by atoms with van der Waals surface area (Å²) in [6.45, 7) is 10.5. The molecule has 0 unspecified atom stereocenters. The molecule has 246 valence electrons. The molecule has 8 nitrogen and oxygen atoms in total. The van der Waals surface area contributed by atoms with Crippen LogP contribution in [-0.4, -0.2) is 43.5 Å². The van der Waals surface area contributed by atoms with E-state index in [9.17, 15) is 9.65 Å². The SMILES string of the molecule is CC(C)(C)N1CCC(n2cc([C@@H](Cc3cc(Cl)c4ncc(C#N)c(Nc5ccc(F)c(Cl)c5)c4c3)c3cccc4c3CNC4)nn2)CC1. The molecule has 4 heterocycles. The van der Waals surface area contributed by atoms with Crippen molar-refractivity contribution in [2.24, 2.45) is 0 Å². The van der Waals surface area contributed by atoms with Gasteiger partial charge in [-0.3, -0.25) is 9.88 Å². The molecule has 1 saturated heterocycles. The number of nitrogens with one attached hydrogen (secondary N) is 2. The van der Waals surface area contributed by atoms with Crippen molar-refractivity contribution in [2.45, 2.75) is 70.6 Å². The van der Waals surface area contributed by atoms with Crippen LogP contribution in [0.25, 0.3) is 10.9 Å². The largest absolute Gasteiger partial charge is 0.354 e. The molecular weight excluding hydrogens is 646 g/mol. The monoisotopic (exact) mass is 682 g/mol. The maximum absolute atomic E-state index is 13.9. The Bertz CT molecular complexity index is 2040. The van der Waals surface area contributed by atoms with Gasteiger partial charge >= 0.3 is 0 Å². The Morgan fingerprint density at radius 3 is 2.65 bits per heavy atom. The lowest BCUT2D eigenvalue weighted by Crippen LogP contribution is -2.46. The zero-order chi connectivity index (χ0) is 33.6. The molecule has 0 radical (unpaired) electrons. The number of halogens is 3. The van der Waals surface area contributed by atoms with Crippen LogP contribution < -0.4 is 10.6 Å². The first-order chi connectivity index (χ1) is 23.1. The van der Waals surface area contributed by atoms with Crippen LogP contribution in [0.1, 0.15) is 79.1 Å². The number of hydrogen-bond donors (Lipinski definition) is 2. The minimum atomic E-state index is -0.520. The quantitative estimate of drug-likeness (QED) is 0.178. The van der Waals surface area contributed by atoms with Gasteiger partial charge in [0.2, 0.25) is 0 Å². The van der Waals surface area contributed by atoms with Crippen molar-refractivity contribution in [3.8, 4) is 6.07 Å². The van der Waals surface area contributed by atoms with Gasteiger partial charge in [0.15, 0.2) is 0 Å². The zero-order valence-electron chi connectivity index (χ0n) is 27.2. The fourth-order valence-electron chi connectivity index (χ4n) is 7.09. The number of nitriles is 1. The number of piperidine rings is 1. The standard InChI is InChI=1S/C37H37Cl2FN8/c1-37(2,3)47-11-9-26(10-12-47)48-21-34(45-46-48)28(27-6-4-5-23-18-42-20-30(23)27)13-22-14-29-35(44-25-7-8-33(40)31(38)16-25)24(17-41)19-43-36(29)32(39)15-22/h4-8,14-16,19,21,26,28,42H,9-13,18,20H2,1-3H3,(H,43,44)/t28-/m0/s1. The Hall–Kier alpha value is -4.07. The molecule has 7 rings (SSSR count). The highest BCUT2D eigenvalue weighted by Gasteiger charge is 2.30. The second-order valence-corrected chi connectivity index (χ2v) is 14.6. The first-order valence-corrected chi connectivity index (χ1v) is 17.1. The second-order valence-electron chi connectivity index (χ2n) is 13.7. The lowest BCUT2D eigenvalue weighted by Gasteiger charge is -2.40. The van der Waals surface area contributed by atoms with Crippen LogP contribution in [0.3, 0.4) is 0 Å². The van der Waals surface area contributed by atoms with Crippen LogP contribution in [0.15, 0.2) is 60.9 Å². The van der Waals surface area contributed by atoms with Gasteiger partial charge in [-0.25, -0.2) is 9.07 Å². The molecule has 0 spiro atoms. The zero-order valence-corrected chi connectivity index (χ0v) is 28.7. The molecule has 1 atom stereocenters. The number of fused-ring (bicyclic) bond motifs is 2. The first-order valence-electron chi connectivity index (χ1n) is 16.3. The Balaban J connectivity index is 1.27. The normalized spacial score (nSPS) is 16.2. The minimum Gasteiger partial charge on any atom is -0.354 e. The van der Waals surface area contributed by atoms with E-state index in [0.717, 1.165) is 50.3 Å². The molecule has 2 aliphatic rings. The second kappa shape index (κ2) is 13.1. The maximum atomic E-state index is 13.9. The van der Waals surface area contributed by atoms with E-state index in [-0.39, 0.29) is 16.5 Å². The summed E-state index contributed by atoms with van der Waals surface area (Å²) < 4.78 is 16.0.